The van der Waals surface area contributed by atoms with Crippen LogP contribution in [0.4, 0.5) is 0 Å². The Kier molecular flexibility index (Phi) is 8.99. The second-order valence-corrected chi connectivity index (χ2v) is 9.92. The molecule has 2 N–H and O–H groups in total. The lowest BCUT2D eigenvalue weighted by molar-refractivity contribution is -0.143. The minimum absolute atomic E-state index is 0.134. The van der Waals surface area contributed by atoms with Crippen molar-refractivity contribution in [2.45, 2.75) is 89.3 Å². The smallest absolute Gasteiger partial charge is 0.306 e. The van der Waals surface area contributed by atoms with Crippen LogP contribution in [0.15, 0.2) is 0 Å². The molecule has 3 aliphatic carbocycles. The van der Waals surface area contributed by atoms with Gasteiger partial charge in [-0.1, -0.05) is 12.8 Å². The van der Waals surface area contributed by atoms with Crippen molar-refractivity contribution in [1.82, 2.24) is 5.32 Å². The summed E-state index contributed by atoms with van der Waals surface area (Å²) in [5, 5.41) is 12.4. The standard InChI is InChI=1S/C24H41NO5/c1-29-21-12-9-17(14-22(21)30-2)13-19-5-3-4-6-20(19)23(26)25-15-16-7-10-18(11-8-16)24(27)28/h16-22H,3-15H2,1-2H3,(H,25,26)(H,27,28). The Morgan fingerprint density at radius 1 is 0.867 bits per heavy atom. The Balaban J connectivity index is 1.46. The van der Waals surface area contributed by atoms with Crippen LogP contribution in [0.25, 0.3) is 0 Å². The van der Waals surface area contributed by atoms with Gasteiger partial charge in [0.05, 0.1) is 18.1 Å². The van der Waals surface area contributed by atoms with Crippen molar-refractivity contribution in [3.05, 3.63) is 0 Å². The van der Waals surface area contributed by atoms with Crippen molar-refractivity contribution in [2.24, 2.45) is 29.6 Å². The van der Waals surface area contributed by atoms with Crippen molar-refractivity contribution < 1.29 is 24.2 Å². The molecule has 5 atom stereocenters. The predicted octanol–water partition coefficient (Wildman–Crippen LogP) is 4.02. The average molecular weight is 424 g/mol. The lowest BCUT2D eigenvalue weighted by Gasteiger charge is -2.38. The summed E-state index contributed by atoms with van der Waals surface area (Å²) in [4.78, 5) is 24.2. The molecule has 0 aromatic carbocycles. The maximum absolute atomic E-state index is 13.0. The lowest BCUT2D eigenvalue weighted by Crippen LogP contribution is -2.41. The van der Waals surface area contributed by atoms with Crippen LogP contribution in [0.1, 0.15) is 77.0 Å². The van der Waals surface area contributed by atoms with E-state index in [4.69, 9.17) is 14.6 Å². The van der Waals surface area contributed by atoms with Gasteiger partial charge in [0, 0.05) is 26.7 Å². The van der Waals surface area contributed by atoms with Crippen LogP contribution in [-0.4, -0.2) is 50.0 Å². The van der Waals surface area contributed by atoms with Gasteiger partial charge in [-0.3, -0.25) is 9.59 Å². The van der Waals surface area contributed by atoms with Crippen LogP contribution >= 0.6 is 0 Å². The molecule has 30 heavy (non-hydrogen) atoms. The highest BCUT2D eigenvalue weighted by molar-refractivity contribution is 5.79. The van der Waals surface area contributed by atoms with Gasteiger partial charge in [-0.15, -0.1) is 0 Å². The van der Waals surface area contributed by atoms with Crippen molar-refractivity contribution in [3.8, 4) is 0 Å². The summed E-state index contributed by atoms with van der Waals surface area (Å²) in [5.74, 6) is 1.03. The zero-order valence-corrected chi connectivity index (χ0v) is 18.8. The number of methoxy groups -OCH3 is 2. The molecule has 0 aliphatic heterocycles. The van der Waals surface area contributed by atoms with Crippen LogP contribution < -0.4 is 5.32 Å². The van der Waals surface area contributed by atoms with Crippen LogP contribution in [-0.2, 0) is 19.1 Å². The molecule has 3 fully saturated rings. The first-order chi connectivity index (χ1) is 14.5. The van der Waals surface area contributed by atoms with Gasteiger partial charge in [0.1, 0.15) is 0 Å². The van der Waals surface area contributed by atoms with Gasteiger partial charge >= 0.3 is 5.97 Å². The summed E-state index contributed by atoms with van der Waals surface area (Å²) in [5.41, 5.74) is 0. The van der Waals surface area contributed by atoms with Crippen molar-refractivity contribution in [1.29, 1.82) is 0 Å². The number of amides is 1. The maximum Gasteiger partial charge on any atom is 0.306 e. The van der Waals surface area contributed by atoms with E-state index < -0.39 is 5.97 Å². The minimum Gasteiger partial charge on any atom is -0.481 e. The number of carbonyl (C=O) groups is 2. The zero-order valence-electron chi connectivity index (χ0n) is 18.8. The molecule has 3 rings (SSSR count). The fourth-order valence-corrected chi connectivity index (χ4v) is 6.17. The zero-order chi connectivity index (χ0) is 21.5. The van der Waals surface area contributed by atoms with Gasteiger partial charge in [-0.25, -0.2) is 0 Å². The predicted molar refractivity (Wildman–Crippen MR) is 115 cm³/mol. The summed E-state index contributed by atoms with van der Waals surface area (Å²) in [6.07, 6.45) is 12.6. The number of hydrogen-bond acceptors (Lipinski definition) is 4. The Morgan fingerprint density at radius 2 is 1.53 bits per heavy atom. The van der Waals surface area contributed by atoms with Crippen LogP contribution in [0.3, 0.4) is 0 Å². The third kappa shape index (κ3) is 6.19. The van der Waals surface area contributed by atoms with E-state index in [9.17, 15) is 9.59 Å². The number of hydrogen-bond donors (Lipinski definition) is 2. The minimum atomic E-state index is -0.669. The number of ether oxygens (including phenoxy) is 2. The highest BCUT2D eigenvalue weighted by atomic mass is 16.5. The lowest BCUT2D eigenvalue weighted by atomic mass is 9.71. The second kappa shape index (κ2) is 11.5. The third-order valence-electron chi connectivity index (χ3n) is 8.09. The Morgan fingerprint density at radius 3 is 2.20 bits per heavy atom. The molecule has 5 unspecified atom stereocenters. The molecule has 3 aliphatic rings. The molecule has 172 valence electrons. The van der Waals surface area contributed by atoms with Crippen molar-refractivity contribution >= 4 is 11.9 Å². The fraction of sp³-hybridized carbons (Fsp3) is 0.917. The summed E-state index contributed by atoms with van der Waals surface area (Å²) in [7, 11) is 3.55. The molecule has 3 saturated carbocycles. The molecule has 0 bridgehead atoms. The third-order valence-corrected chi connectivity index (χ3v) is 8.09. The fourth-order valence-electron chi connectivity index (χ4n) is 6.17. The van der Waals surface area contributed by atoms with Crippen LogP contribution in [0.2, 0.25) is 0 Å². The molecular weight excluding hydrogens is 382 g/mol. The van der Waals surface area contributed by atoms with Gasteiger partial charge in [-0.2, -0.15) is 0 Å². The van der Waals surface area contributed by atoms with Crippen molar-refractivity contribution in [2.75, 3.05) is 20.8 Å². The number of carboxylic acid groups (broad SMARTS) is 1. The highest BCUT2D eigenvalue weighted by Gasteiger charge is 2.36. The van der Waals surface area contributed by atoms with E-state index >= 15 is 0 Å². The molecule has 0 aromatic heterocycles. The van der Waals surface area contributed by atoms with E-state index in [1.165, 1.54) is 6.42 Å². The Labute approximate surface area is 181 Å². The second-order valence-electron chi connectivity index (χ2n) is 9.92. The number of aliphatic carboxylic acids is 1. The first-order valence-electron chi connectivity index (χ1n) is 12.1. The molecule has 1 amide bonds. The monoisotopic (exact) mass is 423 g/mol. The summed E-state index contributed by atoms with van der Waals surface area (Å²) in [6, 6.07) is 0. The largest absolute Gasteiger partial charge is 0.481 e. The molecule has 6 heteroatoms. The topological polar surface area (TPSA) is 84.9 Å². The van der Waals surface area contributed by atoms with E-state index in [0.717, 1.165) is 70.6 Å². The number of carbonyl (C=O) groups excluding carboxylic acids is 1. The molecule has 0 radical (unpaired) electrons. The summed E-state index contributed by atoms with van der Waals surface area (Å²) < 4.78 is 11.3. The quantitative estimate of drug-likeness (QED) is 0.616. The first kappa shape index (κ1) is 23.5. The molecule has 0 spiro atoms. The number of rotatable bonds is 8. The summed E-state index contributed by atoms with van der Waals surface area (Å²) in [6.45, 7) is 0.707. The van der Waals surface area contributed by atoms with E-state index in [1.54, 1.807) is 14.2 Å². The van der Waals surface area contributed by atoms with Gasteiger partial charge in [-0.05, 0) is 82.0 Å². The van der Waals surface area contributed by atoms with E-state index in [0.29, 0.717) is 24.3 Å². The molecule has 0 heterocycles. The van der Waals surface area contributed by atoms with Gasteiger partial charge < -0.3 is 19.9 Å². The molecular formula is C24H41NO5. The van der Waals surface area contributed by atoms with E-state index in [1.807, 2.05) is 0 Å². The van der Waals surface area contributed by atoms with Gasteiger partial charge in [0.2, 0.25) is 5.91 Å². The SMILES string of the molecule is COC1CCC(CC2CCCCC2C(=O)NCC2CCC(C(=O)O)CC2)CC1OC. The van der Waals surface area contributed by atoms with E-state index in [-0.39, 0.29) is 30.0 Å². The van der Waals surface area contributed by atoms with Gasteiger partial charge in [0.15, 0.2) is 0 Å². The average Bonchev–Trinajstić information content (AvgIpc) is 2.78. The Hall–Kier alpha value is -1.14. The maximum atomic E-state index is 13.0. The highest BCUT2D eigenvalue weighted by Crippen LogP contribution is 2.39. The number of carboxylic acids is 1. The van der Waals surface area contributed by atoms with Crippen LogP contribution in [0, 0.1) is 29.6 Å². The molecule has 6 nitrogen and oxygen atoms in total. The van der Waals surface area contributed by atoms with Gasteiger partial charge in [0.25, 0.3) is 0 Å². The molecule has 0 aromatic rings. The number of nitrogens with one attached hydrogen (secondary N) is 1. The first-order valence-corrected chi connectivity index (χ1v) is 12.1. The summed E-state index contributed by atoms with van der Waals surface area (Å²) >= 11 is 0. The Bertz CT molecular complexity index is 560. The van der Waals surface area contributed by atoms with Crippen molar-refractivity contribution in [3.63, 3.8) is 0 Å². The van der Waals surface area contributed by atoms with Crippen LogP contribution in [0.5, 0.6) is 0 Å². The molecule has 0 saturated heterocycles. The van der Waals surface area contributed by atoms with E-state index in [2.05, 4.69) is 5.32 Å². The normalized spacial score (nSPS) is 37.5.